The van der Waals surface area contributed by atoms with E-state index in [0.717, 1.165) is 5.56 Å². The first-order chi connectivity index (χ1) is 18.1. The molecular weight excluding hydrogens is 500 g/mol. The summed E-state index contributed by atoms with van der Waals surface area (Å²) in [7, 11) is 0. The first kappa shape index (κ1) is 27.3. The van der Waals surface area contributed by atoms with E-state index in [1.807, 2.05) is 26.8 Å². The van der Waals surface area contributed by atoms with Gasteiger partial charge in [-0.15, -0.1) is 0 Å². The highest BCUT2D eigenvalue weighted by molar-refractivity contribution is 6.09. The summed E-state index contributed by atoms with van der Waals surface area (Å²) >= 11 is 0. The molecule has 2 aromatic carbocycles. The molecule has 9 heteroatoms. The highest BCUT2D eigenvalue weighted by atomic mass is 16.4. The number of fused-ring (bicyclic) bond motifs is 3. The summed E-state index contributed by atoms with van der Waals surface area (Å²) in [6, 6.07) is 10.3. The van der Waals surface area contributed by atoms with Crippen molar-refractivity contribution in [3.63, 3.8) is 0 Å². The van der Waals surface area contributed by atoms with Crippen LogP contribution in [0.25, 0.3) is 11.1 Å². The van der Waals surface area contributed by atoms with Gasteiger partial charge in [0.1, 0.15) is 17.8 Å². The highest BCUT2D eigenvalue weighted by Crippen LogP contribution is 2.66. The molecule has 1 amide bonds. The molecule has 3 aliphatic carbocycles. The summed E-state index contributed by atoms with van der Waals surface area (Å²) in [4.78, 5) is 40.2. The summed E-state index contributed by atoms with van der Waals surface area (Å²) < 4.78 is 0. The van der Waals surface area contributed by atoms with Crippen LogP contribution in [0.4, 0.5) is 5.69 Å². The molecule has 9 nitrogen and oxygen atoms in total. The number of Topliss-reactive ketones (excluding diaryl/α,β-unsaturated/α-hetero) is 2. The monoisotopic (exact) mass is 536 g/mol. The molecule has 0 saturated heterocycles. The van der Waals surface area contributed by atoms with E-state index in [0.29, 0.717) is 16.8 Å². The second-order valence-electron chi connectivity index (χ2n) is 12.6. The second kappa shape index (κ2) is 8.61. The lowest BCUT2D eigenvalue weighted by Crippen LogP contribution is -2.79. The zero-order chi connectivity index (χ0) is 28.8. The normalized spacial score (nSPS) is 37.7. The summed E-state index contributed by atoms with van der Waals surface area (Å²) in [5, 5.41) is 46.1. The number of carbonyl (C=O) groups excluding carboxylic acids is 3. The molecule has 0 radical (unpaired) electrons. The Balaban J connectivity index is 1.74. The third-order valence-electron chi connectivity index (χ3n) is 9.86. The van der Waals surface area contributed by atoms with E-state index in [9.17, 15) is 34.8 Å². The average Bonchev–Trinajstić information content (AvgIpc) is 2.81. The molecule has 8 N–H and O–H groups in total. The molecule has 3 aliphatic rings. The van der Waals surface area contributed by atoms with Crippen molar-refractivity contribution in [2.45, 2.75) is 58.3 Å². The van der Waals surface area contributed by atoms with Crippen LogP contribution in [-0.2, 0) is 16.0 Å². The van der Waals surface area contributed by atoms with Gasteiger partial charge < -0.3 is 31.9 Å². The van der Waals surface area contributed by atoms with Crippen LogP contribution in [0.5, 0.6) is 5.75 Å². The maximum atomic E-state index is 14.2. The first-order valence-corrected chi connectivity index (χ1v) is 13.3. The quantitative estimate of drug-likeness (QED) is 0.253. The molecule has 5 rings (SSSR count). The lowest BCUT2D eigenvalue weighted by Gasteiger charge is -2.66. The number of hydrogen-bond acceptors (Lipinski definition) is 8. The minimum Gasteiger partial charge on any atom is -0.507 e. The Morgan fingerprint density at radius 2 is 1.77 bits per heavy atom. The van der Waals surface area contributed by atoms with Crippen LogP contribution in [0.15, 0.2) is 36.4 Å². The standard InChI is InChI=1S/C30H36N2O7/c1-13(2)21-24(35)20(27(32)38)25(36)30(39)26(37)22-23(34)19-17(11-28(22,3)12-29(21,30)4)16(8-9-18(19)33)14-6-5-7-15(31)10-14/h5-10,13,20-22,24,26,33,35,37,39H,11-12,31H2,1-4H3,(H2,32,38)/t20-,21+,22-,24?,26?,28-,29-,30+/m1/s1. The molecule has 208 valence electrons. The van der Waals surface area contributed by atoms with Crippen molar-refractivity contribution in [3.05, 3.63) is 47.5 Å². The number of aliphatic hydroxyl groups excluding tert-OH is 2. The zero-order valence-corrected chi connectivity index (χ0v) is 22.5. The van der Waals surface area contributed by atoms with Crippen LogP contribution in [0, 0.1) is 34.5 Å². The van der Waals surface area contributed by atoms with E-state index >= 15 is 0 Å². The predicted molar refractivity (Wildman–Crippen MR) is 143 cm³/mol. The summed E-state index contributed by atoms with van der Waals surface area (Å²) in [6.45, 7) is 7.09. The predicted octanol–water partition coefficient (Wildman–Crippen LogP) is 1.82. The topological polar surface area (TPSA) is 184 Å². The minimum absolute atomic E-state index is 0.0267. The van der Waals surface area contributed by atoms with Gasteiger partial charge >= 0.3 is 0 Å². The number of primary amides is 1. The van der Waals surface area contributed by atoms with E-state index in [-0.39, 0.29) is 30.1 Å². The lowest BCUT2D eigenvalue weighted by molar-refractivity contribution is -0.265. The molecule has 0 aromatic heterocycles. The van der Waals surface area contributed by atoms with Crippen molar-refractivity contribution >= 4 is 23.2 Å². The zero-order valence-electron chi connectivity index (χ0n) is 22.5. The SMILES string of the molecule is CC(C)[C@H]1C(O)[C@@H](C(N)=O)C(=O)[C@]2(O)C(O)[C@H]3C(=O)c4c(O)ccc(-c5cccc(N)c5)c4C[C@]3(C)C[C@]12C. The second-order valence-corrected chi connectivity index (χ2v) is 12.6. The molecule has 2 unspecified atom stereocenters. The Labute approximate surface area is 226 Å². The van der Waals surface area contributed by atoms with Crippen molar-refractivity contribution < 1.29 is 34.8 Å². The number of ketones is 2. The summed E-state index contributed by atoms with van der Waals surface area (Å²) in [5.74, 6) is -7.13. The molecule has 0 heterocycles. The Morgan fingerprint density at radius 3 is 2.36 bits per heavy atom. The fourth-order valence-corrected chi connectivity index (χ4v) is 8.51. The van der Waals surface area contributed by atoms with Gasteiger partial charge in [0.25, 0.3) is 0 Å². The smallest absolute Gasteiger partial charge is 0.230 e. The van der Waals surface area contributed by atoms with Crippen molar-refractivity contribution in [2.75, 3.05) is 5.73 Å². The van der Waals surface area contributed by atoms with E-state index in [1.54, 1.807) is 31.2 Å². The van der Waals surface area contributed by atoms with Crippen LogP contribution in [0.1, 0.15) is 50.0 Å². The van der Waals surface area contributed by atoms with E-state index in [1.165, 1.54) is 6.07 Å². The Morgan fingerprint density at radius 1 is 1.10 bits per heavy atom. The maximum Gasteiger partial charge on any atom is 0.230 e. The van der Waals surface area contributed by atoms with Crippen molar-refractivity contribution in [1.82, 2.24) is 0 Å². The van der Waals surface area contributed by atoms with Crippen molar-refractivity contribution in [2.24, 2.45) is 40.2 Å². The molecule has 39 heavy (non-hydrogen) atoms. The number of benzene rings is 2. The fourth-order valence-electron chi connectivity index (χ4n) is 8.51. The fraction of sp³-hybridized carbons (Fsp3) is 0.500. The number of nitrogen functional groups attached to an aromatic ring is 1. The van der Waals surface area contributed by atoms with Gasteiger partial charge in [-0.1, -0.05) is 45.9 Å². The summed E-state index contributed by atoms with van der Waals surface area (Å²) in [5.41, 5.74) is 9.24. The summed E-state index contributed by atoms with van der Waals surface area (Å²) in [6.07, 6.45) is -3.03. The van der Waals surface area contributed by atoms with E-state index in [2.05, 4.69) is 0 Å². The Kier molecular flexibility index (Phi) is 6.03. The number of nitrogens with two attached hydrogens (primary N) is 2. The van der Waals surface area contributed by atoms with E-state index < -0.39 is 63.9 Å². The number of aromatic hydroxyl groups is 1. The molecule has 0 spiro atoms. The number of carbonyl (C=O) groups is 3. The number of rotatable bonds is 3. The molecule has 2 saturated carbocycles. The average molecular weight is 537 g/mol. The molecule has 0 bridgehead atoms. The third kappa shape index (κ3) is 3.46. The number of phenolic OH excluding ortho intramolecular Hbond substituents is 1. The van der Waals surface area contributed by atoms with Crippen LogP contribution >= 0.6 is 0 Å². The molecule has 8 atom stereocenters. The number of aliphatic hydroxyl groups is 3. The van der Waals surface area contributed by atoms with Crippen LogP contribution < -0.4 is 11.5 Å². The lowest BCUT2D eigenvalue weighted by atomic mass is 9.39. The van der Waals surface area contributed by atoms with Gasteiger partial charge in [-0.3, -0.25) is 14.4 Å². The minimum atomic E-state index is -2.53. The maximum absolute atomic E-state index is 14.2. The van der Waals surface area contributed by atoms with Gasteiger partial charge in [0.15, 0.2) is 17.2 Å². The van der Waals surface area contributed by atoms with Gasteiger partial charge in [-0.2, -0.15) is 0 Å². The Hall–Kier alpha value is -3.27. The van der Waals surface area contributed by atoms with E-state index in [4.69, 9.17) is 11.5 Å². The third-order valence-corrected chi connectivity index (χ3v) is 9.86. The number of amides is 1. The highest BCUT2D eigenvalue weighted by Gasteiger charge is 2.75. The largest absolute Gasteiger partial charge is 0.507 e. The number of hydrogen-bond donors (Lipinski definition) is 6. The van der Waals surface area contributed by atoms with Crippen molar-refractivity contribution in [3.8, 4) is 16.9 Å². The molecule has 0 aliphatic heterocycles. The van der Waals surface area contributed by atoms with Crippen LogP contribution in [0.2, 0.25) is 0 Å². The van der Waals surface area contributed by atoms with Gasteiger partial charge in [0.05, 0.1) is 17.6 Å². The Bertz CT molecular complexity index is 1410. The van der Waals surface area contributed by atoms with Gasteiger partial charge in [-0.25, -0.2) is 0 Å². The number of anilines is 1. The van der Waals surface area contributed by atoms with Gasteiger partial charge in [0, 0.05) is 11.1 Å². The van der Waals surface area contributed by atoms with Gasteiger partial charge in [-0.05, 0) is 65.0 Å². The molecular formula is C30H36N2O7. The van der Waals surface area contributed by atoms with Crippen LogP contribution in [0.3, 0.4) is 0 Å². The first-order valence-electron chi connectivity index (χ1n) is 13.3. The van der Waals surface area contributed by atoms with Gasteiger partial charge in [0.2, 0.25) is 5.91 Å². The number of phenols is 1. The molecule has 2 aromatic rings. The van der Waals surface area contributed by atoms with Crippen LogP contribution in [-0.4, -0.2) is 55.7 Å². The molecule has 2 fully saturated rings. The van der Waals surface area contributed by atoms with Crippen molar-refractivity contribution in [1.29, 1.82) is 0 Å².